The summed E-state index contributed by atoms with van der Waals surface area (Å²) >= 11 is 0. The Balaban J connectivity index is 2.17. The summed E-state index contributed by atoms with van der Waals surface area (Å²) < 4.78 is 71.0. The van der Waals surface area contributed by atoms with Gasteiger partial charge in [-0.2, -0.15) is 21.6 Å². The summed E-state index contributed by atoms with van der Waals surface area (Å²) in [7, 11) is -4.94. The van der Waals surface area contributed by atoms with Gasteiger partial charge in [-0.25, -0.2) is 9.97 Å². The molecule has 3 aromatic rings. The van der Waals surface area contributed by atoms with Crippen LogP contribution in [0, 0.1) is 0 Å². The number of carbonyl (C=O) groups is 1. The van der Waals surface area contributed by atoms with Crippen LogP contribution in [0.4, 0.5) is 18.9 Å². The smallest absolute Gasteiger partial charge is 0.346 e. The number of hydrogen-bond acceptors (Lipinski definition) is 5. The zero-order valence-corrected chi connectivity index (χ0v) is 13.4. The Morgan fingerprint density at radius 1 is 1.23 bits per heavy atom. The van der Waals surface area contributed by atoms with Crippen LogP contribution < -0.4 is 4.72 Å². The predicted octanol–water partition coefficient (Wildman–Crippen LogP) is 2.42. The Labute approximate surface area is 144 Å². The first-order valence-corrected chi connectivity index (χ1v) is 8.29. The van der Waals surface area contributed by atoms with E-state index in [2.05, 4.69) is 15.0 Å². The predicted molar refractivity (Wildman–Crippen MR) is 83.9 cm³/mol. The zero-order chi connectivity index (χ0) is 19.1. The first-order chi connectivity index (χ1) is 12.1. The number of aromatic amines is 1. The van der Waals surface area contributed by atoms with E-state index in [1.807, 2.05) is 0 Å². The van der Waals surface area contributed by atoms with Crippen molar-refractivity contribution in [1.82, 2.24) is 15.0 Å². The number of fused-ring (bicyclic) bond motifs is 1. The molecular weight excluding hydrogens is 377 g/mol. The van der Waals surface area contributed by atoms with Gasteiger partial charge in [0, 0.05) is 29.5 Å². The second kappa shape index (κ2) is 6.07. The van der Waals surface area contributed by atoms with E-state index in [1.54, 1.807) is 0 Å². The summed E-state index contributed by atoms with van der Waals surface area (Å²) in [6.07, 6.45) is -1.62. The van der Waals surface area contributed by atoms with Gasteiger partial charge in [0.2, 0.25) is 5.78 Å². The maximum Gasteiger partial charge on any atom is 0.417 e. The third kappa shape index (κ3) is 3.50. The largest absolute Gasteiger partial charge is 0.417 e. The summed E-state index contributed by atoms with van der Waals surface area (Å²) in [5.41, 5.74) is -2.30. The van der Waals surface area contributed by atoms with Gasteiger partial charge in [-0.1, -0.05) is 0 Å². The molecule has 3 N–H and O–H groups in total. The van der Waals surface area contributed by atoms with Gasteiger partial charge in [-0.3, -0.25) is 14.1 Å². The molecule has 0 aliphatic carbocycles. The topological polar surface area (TPSA) is 125 Å². The van der Waals surface area contributed by atoms with Crippen LogP contribution in [0.2, 0.25) is 0 Å². The Hall–Kier alpha value is -2.99. The standard InChI is InChI=1S/C14H9F3N4O4S/c15-14(16,17)7-5-10(21-26(23,24)25)11(20-6-7)12(22)8-1-3-18-13-9(8)2-4-19-13/h1-6,21H,(H,18,19)(H,23,24,25). The molecule has 0 spiro atoms. The van der Waals surface area contributed by atoms with Crippen LogP contribution in [0.25, 0.3) is 11.0 Å². The Morgan fingerprint density at radius 2 is 1.96 bits per heavy atom. The summed E-state index contributed by atoms with van der Waals surface area (Å²) in [5.74, 6) is -0.850. The van der Waals surface area contributed by atoms with E-state index in [1.165, 1.54) is 29.2 Å². The van der Waals surface area contributed by atoms with Crippen LogP contribution in [0.1, 0.15) is 21.6 Å². The van der Waals surface area contributed by atoms with Gasteiger partial charge in [-0.05, 0) is 18.2 Å². The van der Waals surface area contributed by atoms with Crippen molar-refractivity contribution < 1.29 is 30.9 Å². The minimum atomic E-state index is -4.94. The van der Waals surface area contributed by atoms with Gasteiger partial charge in [0.15, 0.2) is 0 Å². The van der Waals surface area contributed by atoms with Gasteiger partial charge in [-0.15, -0.1) is 0 Å². The number of rotatable bonds is 4. The quantitative estimate of drug-likeness (QED) is 0.467. The van der Waals surface area contributed by atoms with Crippen LogP contribution in [0.15, 0.2) is 36.8 Å². The van der Waals surface area contributed by atoms with Gasteiger partial charge in [0.05, 0.1) is 11.3 Å². The number of pyridine rings is 2. The second-order valence-electron chi connectivity index (χ2n) is 5.12. The van der Waals surface area contributed by atoms with Crippen molar-refractivity contribution in [1.29, 1.82) is 0 Å². The molecule has 3 rings (SSSR count). The minimum Gasteiger partial charge on any atom is -0.346 e. The van der Waals surface area contributed by atoms with E-state index >= 15 is 0 Å². The molecule has 0 saturated carbocycles. The van der Waals surface area contributed by atoms with Crippen LogP contribution >= 0.6 is 0 Å². The molecule has 0 atom stereocenters. The van der Waals surface area contributed by atoms with Gasteiger partial charge >= 0.3 is 16.5 Å². The lowest BCUT2D eigenvalue weighted by Crippen LogP contribution is -2.17. The molecule has 0 fully saturated rings. The lowest BCUT2D eigenvalue weighted by molar-refractivity contribution is -0.137. The number of nitrogens with one attached hydrogen (secondary N) is 2. The molecule has 0 radical (unpaired) electrons. The van der Waals surface area contributed by atoms with Crippen molar-refractivity contribution in [2.75, 3.05) is 4.72 Å². The molecule has 8 nitrogen and oxygen atoms in total. The molecule has 0 aliphatic heterocycles. The van der Waals surface area contributed by atoms with Crippen molar-refractivity contribution in [2.24, 2.45) is 0 Å². The lowest BCUT2D eigenvalue weighted by Gasteiger charge is -2.12. The number of ketones is 1. The average molecular weight is 386 g/mol. The number of carbonyl (C=O) groups excluding carboxylic acids is 1. The fourth-order valence-corrected chi connectivity index (χ4v) is 2.74. The SMILES string of the molecule is O=C(c1ncc(C(F)(F)F)cc1NS(=O)(=O)O)c1ccnc2[nH]ccc12. The molecule has 136 valence electrons. The fraction of sp³-hybridized carbons (Fsp3) is 0.0714. The number of anilines is 1. The Kier molecular flexibility index (Phi) is 4.16. The maximum absolute atomic E-state index is 12.8. The molecule has 0 aliphatic rings. The minimum absolute atomic E-state index is 0.0434. The number of halogens is 3. The van der Waals surface area contributed by atoms with Crippen molar-refractivity contribution in [3.63, 3.8) is 0 Å². The number of H-pyrrole nitrogens is 1. The molecule has 0 saturated heterocycles. The molecule has 0 bridgehead atoms. The first kappa shape index (κ1) is 17.8. The van der Waals surface area contributed by atoms with E-state index in [0.29, 0.717) is 23.3 Å². The highest BCUT2D eigenvalue weighted by Crippen LogP contribution is 2.32. The number of nitrogens with zero attached hydrogens (tertiary/aromatic N) is 2. The highest BCUT2D eigenvalue weighted by atomic mass is 32.2. The van der Waals surface area contributed by atoms with Gasteiger partial charge in [0.1, 0.15) is 11.3 Å². The Bertz CT molecular complexity index is 1110. The lowest BCUT2D eigenvalue weighted by atomic mass is 10.0. The van der Waals surface area contributed by atoms with Gasteiger partial charge < -0.3 is 4.98 Å². The Morgan fingerprint density at radius 3 is 2.62 bits per heavy atom. The summed E-state index contributed by atoms with van der Waals surface area (Å²) in [5, 5.41) is 0.372. The molecule has 3 heterocycles. The zero-order valence-electron chi connectivity index (χ0n) is 12.6. The third-order valence-electron chi connectivity index (χ3n) is 3.37. The van der Waals surface area contributed by atoms with Crippen LogP contribution in [-0.4, -0.2) is 33.7 Å². The second-order valence-corrected chi connectivity index (χ2v) is 6.28. The van der Waals surface area contributed by atoms with Crippen molar-refractivity contribution in [3.8, 4) is 0 Å². The summed E-state index contributed by atoms with van der Waals surface area (Å²) in [4.78, 5) is 22.9. The normalized spacial score (nSPS) is 12.3. The van der Waals surface area contributed by atoms with Crippen LogP contribution in [0.3, 0.4) is 0 Å². The van der Waals surface area contributed by atoms with E-state index in [-0.39, 0.29) is 5.56 Å². The highest BCUT2D eigenvalue weighted by Gasteiger charge is 2.33. The molecular formula is C14H9F3N4O4S. The molecule has 3 aromatic heterocycles. The number of hydrogen-bond donors (Lipinski definition) is 3. The molecule has 0 unspecified atom stereocenters. The van der Waals surface area contributed by atoms with E-state index in [4.69, 9.17) is 4.55 Å². The highest BCUT2D eigenvalue weighted by molar-refractivity contribution is 7.87. The summed E-state index contributed by atoms with van der Waals surface area (Å²) in [6, 6.07) is 3.22. The van der Waals surface area contributed by atoms with Gasteiger partial charge in [0.25, 0.3) is 0 Å². The average Bonchev–Trinajstić information content (AvgIpc) is 3.00. The first-order valence-electron chi connectivity index (χ1n) is 6.85. The van der Waals surface area contributed by atoms with E-state index in [9.17, 15) is 26.4 Å². The van der Waals surface area contributed by atoms with Crippen LogP contribution in [-0.2, 0) is 16.5 Å². The third-order valence-corrected chi connectivity index (χ3v) is 3.85. The molecule has 12 heteroatoms. The van der Waals surface area contributed by atoms with Crippen molar-refractivity contribution in [3.05, 3.63) is 53.6 Å². The van der Waals surface area contributed by atoms with Crippen molar-refractivity contribution in [2.45, 2.75) is 6.18 Å². The number of alkyl halides is 3. The monoisotopic (exact) mass is 386 g/mol. The maximum atomic E-state index is 12.8. The fourth-order valence-electron chi connectivity index (χ4n) is 2.30. The molecule has 0 amide bonds. The summed E-state index contributed by atoms with van der Waals surface area (Å²) in [6.45, 7) is 0. The van der Waals surface area contributed by atoms with E-state index in [0.717, 1.165) is 0 Å². The molecule has 0 aromatic carbocycles. The van der Waals surface area contributed by atoms with E-state index < -0.39 is 39.2 Å². The number of aromatic nitrogens is 3. The van der Waals surface area contributed by atoms with Crippen LogP contribution in [0.5, 0.6) is 0 Å². The van der Waals surface area contributed by atoms with Crippen molar-refractivity contribution >= 4 is 32.8 Å². The molecule has 26 heavy (non-hydrogen) atoms.